The number of carbonyl (C=O) groups is 2. The lowest BCUT2D eigenvalue weighted by atomic mass is 9.81. The van der Waals surface area contributed by atoms with Gasteiger partial charge in [0.1, 0.15) is 12.3 Å². The van der Waals surface area contributed by atoms with E-state index in [0.29, 0.717) is 25.0 Å². The lowest BCUT2D eigenvalue weighted by Crippen LogP contribution is -2.73. The number of fused-ring (bicyclic) bond motifs is 1. The summed E-state index contributed by atoms with van der Waals surface area (Å²) in [6.45, 7) is 11.2. The van der Waals surface area contributed by atoms with Crippen LogP contribution in [0.2, 0.25) is 0 Å². The number of hydrogen-bond donors (Lipinski definition) is 2. The standard InChI is InChI=1S/C21H37N5O3/c1-4-7-24-13-17(11-23-24)16-9-18-20(22-10-16)26(15(3)27)14(2)12-25(18)21(28)19-6-5-8-29-19/h14,16-20,22-23H,4-13H2,1-3H3/t14-,16?,17?,18?,19?,20?/m0/s1. The van der Waals surface area contributed by atoms with Crippen LogP contribution in [0.25, 0.3) is 0 Å². The SMILES string of the molecule is CCCN1CC(C2CNC3C(C2)N(C(=O)C2CCCO2)C[C@H](C)N3C(C)=O)CN1. The van der Waals surface area contributed by atoms with Crippen LogP contribution in [0, 0.1) is 11.8 Å². The molecule has 4 heterocycles. The first-order chi connectivity index (χ1) is 14.0. The largest absolute Gasteiger partial charge is 0.368 e. The second-order valence-electron chi connectivity index (χ2n) is 9.25. The molecule has 8 heteroatoms. The molecule has 2 N–H and O–H groups in total. The van der Waals surface area contributed by atoms with Crippen LogP contribution in [0.15, 0.2) is 0 Å². The van der Waals surface area contributed by atoms with Crippen molar-refractivity contribution in [2.24, 2.45) is 11.8 Å². The molecule has 5 unspecified atom stereocenters. The second kappa shape index (κ2) is 8.88. The average Bonchev–Trinajstić information content (AvgIpc) is 3.38. The highest BCUT2D eigenvalue weighted by atomic mass is 16.5. The van der Waals surface area contributed by atoms with Gasteiger partial charge in [0, 0.05) is 52.3 Å². The van der Waals surface area contributed by atoms with Crippen molar-refractivity contribution in [3.05, 3.63) is 0 Å². The van der Waals surface area contributed by atoms with Crippen LogP contribution in [-0.4, -0.2) is 90.3 Å². The van der Waals surface area contributed by atoms with E-state index in [9.17, 15) is 9.59 Å². The molecule has 0 aliphatic carbocycles. The monoisotopic (exact) mass is 407 g/mol. The number of hydrogen-bond acceptors (Lipinski definition) is 6. The van der Waals surface area contributed by atoms with Gasteiger partial charge in [0.05, 0.1) is 6.04 Å². The molecule has 0 bridgehead atoms. The molecule has 29 heavy (non-hydrogen) atoms. The minimum atomic E-state index is -0.305. The molecule has 4 aliphatic heterocycles. The average molecular weight is 408 g/mol. The third-order valence-electron chi connectivity index (χ3n) is 7.18. The van der Waals surface area contributed by atoms with Gasteiger partial charge in [-0.15, -0.1) is 0 Å². The van der Waals surface area contributed by atoms with E-state index in [1.54, 1.807) is 6.92 Å². The quantitative estimate of drug-likeness (QED) is 0.702. The maximum absolute atomic E-state index is 13.3. The first kappa shape index (κ1) is 21.0. The molecule has 0 aromatic carbocycles. The van der Waals surface area contributed by atoms with Gasteiger partial charge in [-0.3, -0.25) is 20.3 Å². The van der Waals surface area contributed by atoms with Gasteiger partial charge in [-0.05, 0) is 44.4 Å². The van der Waals surface area contributed by atoms with E-state index in [1.807, 2.05) is 16.7 Å². The van der Waals surface area contributed by atoms with E-state index < -0.39 is 0 Å². The third-order valence-corrected chi connectivity index (χ3v) is 7.18. The molecule has 4 rings (SSSR count). The van der Waals surface area contributed by atoms with Gasteiger partial charge in [-0.25, -0.2) is 5.01 Å². The van der Waals surface area contributed by atoms with Gasteiger partial charge in [-0.1, -0.05) is 6.92 Å². The van der Waals surface area contributed by atoms with E-state index in [1.165, 1.54) is 0 Å². The zero-order valence-corrected chi connectivity index (χ0v) is 18.1. The molecular weight excluding hydrogens is 370 g/mol. The van der Waals surface area contributed by atoms with Crippen molar-refractivity contribution in [3.8, 4) is 0 Å². The van der Waals surface area contributed by atoms with Crippen LogP contribution >= 0.6 is 0 Å². The van der Waals surface area contributed by atoms with Gasteiger partial charge in [0.15, 0.2) is 0 Å². The number of nitrogens with one attached hydrogen (secondary N) is 2. The van der Waals surface area contributed by atoms with Crippen LogP contribution in [0.3, 0.4) is 0 Å². The van der Waals surface area contributed by atoms with Gasteiger partial charge in [-0.2, -0.15) is 0 Å². The van der Waals surface area contributed by atoms with E-state index in [4.69, 9.17) is 4.74 Å². The lowest BCUT2D eigenvalue weighted by Gasteiger charge is -2.55. The number of ether oxygens (including phenoxy) is 1. The zero-order chi connectivity index (χ0) is 20.5. The Balaban J connectivity index is 1.51. The Hall–Kier alpha value is -1.22. The molecule has 4 aliphatic rings. The predicted molar refractivity (Wildman–Crippen MR) is 110 cm³/mol. The number of piperazine rings is 1. The van der Waals surface area contributed by atoms with Gasteiger partial charge in [0.25, 0.3) is 5.91 Å². The Morgan fingerprint density at radius 3 is 2.69 bits per heavy atom. The molecule has 0 saturated carbocycles. The summed E-state index contributed by atoms with van der Waals surface area (Å²) in [6, 6.07) is 0.0297. The maximum atomic E-state index is 13.3. The van der Waals surface area contributed by atoms with Gasteiger partial charge < -0.3 is 14.5 Å². The summed E-state index contributed by atoms with van der Waals surface area (Å²) < 4.78 is 5.72. The Morgan fingerprint density at radius 2 is 2.00 bits per heavy atom. The predicted octanol–water partition coefficient (Wildman–Crippen LogP) is 0.395. The van der Waals surface area contributed by atoms with Crippen LogP contribution in [0.5, 0.6) is 0 Å². The smallest absolute Gasteiger partial charge is 0.252 e. The van der Waals surface area contributed by atoms with E-state index in [-0.39, 0.29) is 36.2 Å². The Kier molecular flexibility index (Phi) is 6.44. The minimum absolute atomic E-state index is 0.0105. The summed E-state index contributed by atoms with van der Waals surface area (Å²) in [5.74, 6) is 1.26. The van der Waals surface area contributed by atoms with Crippen molar-refractivity contribution in [1.82, 2.24) is 25.6 Å². The first-order valence-electron chi connectivity index (χ1n) is 11.4. The molecule has 0 aromatic rings. The molecule has 164 valence electrons. The number of carbonyl (C=O) groups excluding carboxylic acids is 2. The van der Waals surface area contributed by atoms with Crippen LogP contribution in [0.4, 0.5) is 0 Å². The number of hydrazine groups is 1. The fourth-order valence-corrected chi connectivity index (χ4v) is 5.78. The summed E-state index contributed by atoms with van der Waals surface area (Å²) >= 11 is 0. The highest BCUT2D eigenvalue weighted by Crippen LogP contribution is 2.34. The second-order valence-corrected chi connectivity index (χ2v) is 9.25. The molecule has 6 atom stereocenters. The number of rotatable bonds is 4. The van der Waals surface area contributed by atoms with Gasteiger partial charge >= 0.3 is 0 Å². The molecule has 0 aromatic heterocycles. The third kappa shape index (κ3) is 4.17. The van der Waals surface area contributed by atoms with Crippen LogP contribution in [0.1, 0.15) is 46.5 Å². The molecule has 4 saturated heterocycles. The van der Waals surface area contributed by atoms with Crippen molar-refractivity contribution in [2.75, 3.05) is 39.3 Å². The maximum Gasteiger partial charge on any atom is 0.252 e. The van der Waals surface area contributed by atoms with E-state index >= 15 is 0 Å². The lowest BCUT2D eigenvalue weighted by molar-refractivity contribution is -0.161. The molecule has 0 spiro atoms. The highest BCUT2D eigenvalue weighted by Gasteiger charge is 2.49. The fourth-order valence-electron chi connectivity index (χ4n) is 5.78. The summed E-state index contributed by atoms with van der Waals surface area (Å²) in [5, 5.41) is 5.99. The summed E-state index contributed by atoms with van der Waals surface area (Å²) in [7, 11) is 0. The van der Waals surface area contributed by atoms with Crippen molar-refractivity contribution in [1.29, 1.82) is 0 Å². The normalized spacial score (nSPS) is 38.3. The summed E-state index contributed by atoms with van der Waals surface area (Å²) in [4.78, 5) is 29.7. The van der Waals surface area contributed by atoms with Crippen molar-refractivity contribution in [3.63, 3.8) is 0 Å². The van der Waals surface area contributed by atoms with Crippen LogP contribution in [-0.2, 0) is 14.3 Å². The van der Waals surface area contributed by atoms with Gasteiger partial charge in [0.2, 0.25) is 5.91 Å². The first-order valence-corrected chi connectivity index (χ1v) is 11.4. The molecule has 8 nitrogen and oxygen atoms in total. The number of piperidine rings is 1. The van der Waals surface area contributed by atoms with E-state index in [2.05, 4.69) is 22.7 Å². The fraction of sp³-hybridized carbons (Fsp3) is 0.905. The Bertz CT molecular complexity index is 611. The molecule has 4 fully saturated rings. The topological polar surface area (TPSA) is 77.2 Å². The Morgan fingerprint density at radius 1 is 1.17 bits per heavy atom. The molecule has 2 amide bonds. The Labute approximate surface area is 174 Å². The summed E-state index contributed by atoms with van der Waals surface area (Å²) in [5.41, 5.74) is 3.53. The minimum Gasteiger partial charge on any atom is -0.368 e. The van der Waals surface area contributed by atoms with Crippen molar-refractivity contribution >= 4 is 11.8 Å². The highest BCUT2D eigenvalue weighted by molar-refractivity contribution is 5.82. The summed E-state index contributed by atoms with van der Waals surface area (Å²) in [6.07, 6.45) is 3.45. The number of nitrogens with zero attached hydrogens (tertiary/aromatic N) is 3. The van der Waals surface area contributed by atoms with Crippen molar-refractivity contribution in [2.45, 2.75) is 70.8 Å². The van der Waals surface area contributed by atoms with Crippen LogP contribution < -0.4 is 10.7 Å². The molecular formula is C21H37N5O3. The zero-order valence-electron chi connectivity index (χ0n) is 18.1. The number of amides is 2. The van der Waals surface area contributed by atoms with Crippen molar-refractivity contribution < 1.29 is 14.3 Å². The molecule has 0 radical (unpaired) electrons. The van der Waals surface area contributed by atoms with E-state index in [0.717, 1.165) is 51.9 Å².